The van der Waals surface area contributed by atoms with E-state index in [-0.39, 0.29) is 0 Å². The summed E-state index contributed by atoms with van der Waals surface area (Å²) in [5, 5.41) is 2.14. The van der Waals surface area contributed by atoms with Gasteiger partial charge in [0.1, 0.15) is 11.5 Å². The van der Waals surface area contributed by atoms with E-state index >= 15 is 0 Å². The van der Waals surface area contributed by atoms with Gasteiger partial charge in [-0.3, -0.25) is 4.98 Å². The summed E-state index contributed by atoms with van der Waals surface area (Å²) in [5.74, 6) is 0.709. The van der Waals surface area contributed by atoms with E-state index in [0.29, 0.717) is 23.1 Å². The molecule has 0 aliphatic carbocycles. The van der Waals surface area contributed by atoms with E-state index in [1.807, 2.05) is 91.0 Å². The first-order chi connectivity index (χ1) is 22.5. The van der Waals surface area contributed by atoms with Crippen LogP contribution < -0.4 is 5.73 Å². The van der Waals surface area contributed by atoms with Gasteiger partial charge in [-0.25, -0.2) is 20.0 Å². The van der Waals surface area contributed by atoms with Crippen LogP contribution in [0.3, 0.4) is 0 Å². The Bertz CT molecular complexity index is 2260. The number of nitrogens with zero attached hydrogens (tertiary/aromatic N) is 5. The van der Waals surface area contributed by atoms with Crippen LogP contribution in [0.1, 0.15) is 22.4 Å². The molecule has 0 spiro atoms. The number of pyridine rings is 3. The molecule has 0 amide bonds. The number of rotatable bonds is 6. The minimum absolute atomic E-state index is 0.322. The van der Waals surface area contributed by atoms with Crippen LogP contribution in [0.2, 0.25) is 0 Å². The van der Waals surface area contributed by atoms with Crippen molar-refractivity contribution in [3.63, 3.8) is 0 Å². The average Bonchev–Trinajstić information content (AvgIpc) is 3.12. The van der Waals surface area contributed by atoms with E-state index in [1.165, 1.54) is 0 Å². The summed E-state index contributed by atoms with van der Waals surface area (Å²) < 4.78 is 0. The second-order valence-corrected chi connectivity index (χ2v) is 11.0. The smallest absolute Gasteiger partial charge is 0.180 e. The van der Waals surface area contributed by atoms with Gasteiger partial charge in [-0.05, 0) is 42.3 Å². The topological polar surface area (TPSA) is 89.4 Å². The maximum Gasteiger partial charge on any atom is 0.180 e. The van der Waals surface area contributed by atoms with Gasteiger partial charge in [0.25, 0.3) is 0 Å². The molecule has 0 radical (unpaired) electrons. The molecule has 0 saturated heterocycles. The molecule has 220 valence electrons. The molecule has 0 aliphatic heterocycles. The quantitative estimate of drug-likeness (QED) is 0.119. The molecule has 6 heteroatoms. The second kappa shape index (κ2) is 12.4. The minimum Gasteiger partial charge on any atom is -0.383 e. The summed E-state index contributed by atoms with van der Waals surface area (Å²) in [4.78, 5) is 24.1. The predicted molar refractivity (Wildman–Crippen MR) is 190 cm³/mol. The lowest BCUT2D eigenvalue weighted by Crippen LogP contribution is -2.16. The molecule has 46 heavy (non-hydrogen) atoms. The minimum atomic E-state index is 0.322. The van der Waals surface area contributed by atoms with E-state index in [4.69, 9.17) is 25.7 Å². The first-order valence-corrected chi connectivity index (χ1v) is 15.0. The summed E-state index contributed by atoms with van der Waals surface area (Å²) in [5.41, 5.74) is 16.1. The van der Waals surface area contributed by atoms with Crippen LogP contribution in [0.15, 0.2) is 156 Å². The van der Waals surface area contributed by atoms with Gasteiger partial charge < -0.3 is 5.73 Å². The van der Waals surface area contributed by atoms with Crippen molar-refractivity contribution in [2.24, 2.45) is 15.7 Å². The molecule has 2 N–H and O–H groups in total. The number of aliphatic imine (C=N–C) groups is 2. The first-order valence-electron chi connectivity index (χ1n) is 15.0. The lowest BCUT2D eigenvalue weighted by molar-refractivity contribution is 1.27. The van der Waals surface area contributed by atoms with E-state index in [1.54, 1.807) is 6.20 Å². The largest absolute Gasteiger partial charge is 0.383 e. The fourth-order valence-electron chi connectivity index (χ4n) is 5.41. The van der Waals surface area contributed by atoms with Crippen LogP contribution in [-0.4, -0.2) is 26.6 Å². The standard InChI is InChI=1S/C40H30N6/c1-26-25-36(45-38-33(26)22-20-31-21-23-34(44-37(31)38)29-13-7-4-8-14-29)30-16-18-32(19-17-30)39(41)46-40(35-15-9-10-24-42-35)43-27(2)28-11-5-3-6-12-28/h3-25H,2H2,1H3,(H2,41,43,46). The molecule has 0 aliphatic rings. The lowest BCUT2D eigenvalue weighted by atomic mass is 10.0. The fraction of sp³-hybridized carbons (Fsp3) is 0.0250. The SMILES string of the molecule is C=C(N=C(N=C(N)c1ccc(-c2cc(C)c3ccc4ccc(-c5ccccc5)nc4c3n2)cc1)c1ccccn1)c1ccccc1. The monoisotopic (exact) mass is 594 g/mol. The number of fused-ring (bicyclic) bond motifs is 3. The van der Waals surface area contributed by atoms with Crippen LogP contribution in [0.5, 0.6) is 0 Å². The number of hydrogen-bond donors (Lipinski definition) is 1. The van der Waals surface area contributed by atoms with Crippen molar-refractivity contribution in [3.05, 3.63) is 169 Å². The van der Waals surface area contributed by atoms with Crippen molar-refractivity contribution >= 4 is 39.2 Å². The van der Waals surface area contributed by atoms with E-state index in [2.05, 4.69) is 61.0 Å². The van der Waals surface area contributed by atoms with Crippen molar-refractivity contribution < 1.29 is 0 Å². The van der Waals surface area contributed by atoms with E-state index < -0.39 is 0 Å². The molecule has 7 aromatic rings. The molecule has 3 heterocycles. The van der Waals surface area contributed by atoms with Crippen LogP contribution in [0.25, 0.3) is 50.0 Å². The Morgan fingerprint density at radius 3 is 2.04 bits per heavy atom. The highest BCUT2D eigenvalue weighted by molar-refractivity contribution is 6.11. The summed E-state index contributed by atoms with van der Waals surface area (Å²) >= 11 is 0. The number of benzene rings is 4. The third kappa shape index (κ3) is 5.79. The Hall–Kier alpha value is -6.27. The van der Waals surface area contributed by atoms with Crippen molar-refractivity contribution in [3.8, 4) is 22.5 Å². The molecular weight excluding hydrogens is 564 g/mol. The summed E-state index contributed by atoms with van der Waals surface area (Å²) in [6.07, 6.45) is 1.70. The molecule has 0 fully saturated rings. The van der Waals surface area contributed by atoms with Gasteiger partial charge in [0.15, 0.2) is 5.84 Å². The highest BCUT2D eigenvalue weighted by Crippen LogP contribution is 2.31. The lowest BCUT2D eigenvalue weighted by Gasteiger charge is -2.11. The molecule has 0 bridgehead atoms. The predicted octanol–water partition coefficient (Wildman–Crippen LogP) is 8.64. The van der Waals surface area contributed by atoms with Gasteiger partial charge in [0.05, 0.1) is 28.1 Å². The van der Waals surface area contributed by atoms with Gasteiger partial charge in [0, 0.05) is 33.7 Å². The number of amidine groups is 2. The van der Waals surface area contributed by atoms with Gasteiger partial charge in [-0.1, -0.05) is 116 Å². The Labute approximate surface area is 267 Å². The fourth-order valence-corrected chi connectivity index (χ4v) is 5.41. The Balaban J connectivity index is 1.24. The maximum atomic E-state index is 6.55. The van der Waals surface area contributed by atoms with Gasteiger partial charge in [0.2, 0.25) is 0 Å². The zero-order valence-corrected chi connectivity index (χ0v) is 25.3. The molecular formula is C40H30N6. The van der Waals surface area contributed by atoms with E-state index in [0.717, 1.165) is 61.0 Å². The third-order valence-electron chi connectivity index (χ3n) is 7.86. The van der Waals surface area contributed by atoms with Crippen LogP contribution >= 0.6 is 0 Å². The molecule has 0 saturated carbocycles. The van der Waals surface area contributed by atoms with Crippen LogP contribution in [0.4, 0.5) is 0 Å². The molecule has 0 atom stereocenters. The average molecular weight is 595 g/mol. The Morgan fingerprint density at radius 1 is 0.630 bits per heavy atom. The normalized spacial score (nSPS) is 12.0. The molecule has 3 aromatic heterocycles. The van der Waals surface area contributed by atoms with Crippen molar-refractivity contribution in [2.75, 3.05) is 0 Å². The molecule has 0 unspecified atom stereocenters. The van der Waals surface area contributed by atoms with Gasteiger partial charge in [-0.2, -0.15) is 0 Å². The van der Waals surface area contributed by atoms with Gasteiger partial charge in [-0.15, -0.1) is 0 Å². The zero-order chi connectivity index (χ0) is 31.5. The van der Waals surface area contributed by atoms with Crippen LogP contribution in [0, 0.1) is 6.92 Å². The number of aryl methyl sites for hydroxylation is 1. The Kier molecular flexibility index (Phi) is 7.67. The highest BCUT2D eigenvalue weighted by atomic mass is 15.0. The van der Waals surface area contributed by atoms with Crippen molar-refractivity contribution in [1.29, 1.82) is 0 Å². The summed E-state index contributed by atoms with van der Waals surface area (Å²) in [7, 11) is 0. The van der Waals surface area contributed by atoms with Crippen molar-refractivity contribution in [2.45, 2.75) is 6.92 Å². The first kappa shape index (κ1) is 28.5. The highest BCUT2D eigenvalue weighted by Gasteiger charge is 2.12. The molecule has 7 rings (SSSR count). The number of nitrogens with two attached hydrogens (primary N) is 1. The molecule has 6 nitrogen and oxygen atoms in total. The second-order valence-electron chi connectivity index (χ2n) is 11.0. The number of hydrogen-bond acceptors (Lipinski definition) is 4. The van der Waals surface area contributed by atoms with Gasteiger partial charge >= 0.3 is 0 Å². The Morgan fingerprint density at radius 2 is 1.30 bits per heavy atom. The maximum absolute atomic E-state index is 6.55. The third-order valence-corrected chi connectivity index (χ3v) is 7.86. The molecule has 4 aromatic carbocycles. The van der Waals surface area contributed by atoms with Crippen molar-refractivity contribution in [1.82, 2.24) is 15.0 Å². The van der Waals surface area contributed by atoms with E-state index in [9.17, 15) is 0 Å². The summed E-state index contributed by atoms with van der Waals surface area (Å²) in [6.45, 7) is 6.26. The summed E-state index contributed by atoms with van der Waals surface area (Å²) in [6, 6.07) is 44.0. The zero-order valence-electron chi connectivity index (χ0n) is 25.3. The van der Waals surface area contributed by atoms with Crippen LogP contribution in [-0.2, 0) is 0 Å². The number of aromatic nitrogens is 3.